The molecule has 0 aliphatic carbocycles. The van der Waals surface area contributed by atoms with E-state index in [0.29, 0.717) is 14.6 Å². The van der Waals surface area contributed by atoms with E-state index in [-0.39, 0.29) is 11.5 Å². The number of halogens is 5. The highest BCUT2D eigenvalue weighted by atomic mass is 79.9. The summed E-state index contributed by atoms with van der Waals surface area (Å²) in [6, 6.07) is 4.91. The van der Waals surface area contributed by atoms with E-state index in [0.717, 1.165) is 12.1 Å². The second-order valence-corrected chi connectivity index (χ2v) is 5.68. The van der Waals surface area contributed by atoms with Crippen molar-refractivity contribution < 1.29 is 13.2 Å². The van der Waals surface area contributed by atoms with Crippen LogP contribution in [-0.2, 0) is 6.18 Å². The van der Waals surface area contributed by atoms with Crippen molar-refractivity contribution in [3.05, 3.63) is 45.0 Å². The fraction of sp³-hybridized carbons (Fsp3) is 0.0833. The Kier molecular flexibility index (Phi) is 4.24. The Bertz CT molecular complexity index is 644. The third kappa shape index (κ3) is 3.43. The standard InChI is InChI=1S/C12H8Br2F3N3/c13-7-4-9(18)11(19-5-7)20-10-3-6(12(15,16)17)1-2-8(10)14/h1-5H,18H2,(H,19,20). The minimum atomic E-state index is -4.41. The molecule has 1 aromatic carbocycles. The van der Waals surface area contributed by atoms with Gasteiger partial charge in [-0.3, -0.25) is 0 Å². The monoisotopic (exact) mass is 409 g/mol. The van der Waals surface area contributed by atoms with Gasteiger partial charge in [0.25, 0.3) is 0 Å². The molecule has 0 fully saturated rings. The maximum atomic E-state index is 12.7. The molecule has 0 saturated heterocycles. The average molecular weight is 411 g/mol. The average Bonchev–Trinajstić information content (AvgIpc) is 2.33. The highest BCUT2D eigenvalue weighted by molar-refractivity contribution is 9.10. The van der Waals surface area contributed by atoms with Crippen LogP contribution in [-0.4, -0.2) is 4.98 Å². The van der Waals surface area contributed by atoms with Gasteiger partial charge < -0.3 is 11.1 Å². The molecule has 0 saturated carbocycles. The molecule has 0 spiro atoms. The first-order valence-corrected chi connectivity index (χ1v) is 6.91. The molecule has 0 radical (unpaired) electrons. The summed E-state index contributed by atoms with van der Waals surface area (Å²) in [5.74, 6) is 0.285. The normalized spacial score (nSPS) is 11.4. The summed E-state index contributed by atoms with van der Waals surface area (Å²) >= 11 is 6.39. The number of alkyl halides is 3. The van der Waals surface area contributed by atoms with Crippen LogP contribution >= 0.6 is 31.9 Å². The molecule has 106 valence electrons. The molecule has 3 nitrogen and oxygen atoms in total. The van der Waals surface area contributed by atoms with Crippen LogP contribution in [0.25, 0.3) is 0 Å². The van der Waals surface area contributed by atoms with Crippen LogP contribution in [0.15, 0.2) is 39.4 Å². The van der Waals surface area contributed by atoms with E-state index in [9.17, 15) is 13.2 Å². The van der Waals surface area contributed by atoms with Gasteiger partial charge in [-0.25, -0.2) is 4.98 Å². The fourth-order valence-corrected chi connectivity index (χ4v) is 2.18. The Labute approximate surface area is 129 Å². The molecule has 0 amide bonds. The molecule has 0 bridgehead atoms. The molecule has 0 aliphatic heterocycles. The van der Waals surface area contributed by atoms with Crippen LogP contribution in [0.5, 0.6) is 0 Å². The molecule has 1 aromatic heterocycles. The summed E-state index contributed by atoms with van der Waals surface area (Å²) < 4.78 is 39.2. The summed E-state index contributed by atoms with van der Waals surface area (Å²) in [7, 11) is 0. The third-order valence-corrected chi connectivity index (χ3v) is 3.56. The molecule has 0 aliphatic rings. The largest absolute Gasteiger partial charge is 0.416 e. The quantitative estimate of drug-likeness (QED) is 0.736. The number of nitrogens with one attached hydrogen (secondary N) is 1. The summed E-state index contributed by atoms with van der Waals surface area (Å²) in [6.07, 6.45) is -2.91. The van der Waals surface area contributed by atoms with Gasteiger partial charge >= 0.3 is 6.18 Å². The van der Waals surface area contributed by atoms with Crippen molar-refractivity contribution >= 4 is 49.1 Å². The van der Waals surface area contributed by atoms with Gasteiger partial charge in [0.05, 0.1) is 16.9 Å². The van der Waals surface area contributed by atoms with E-state index in [1.165, 1.54) is 12.3 Å². The number of anilines is 3. The van der Waals surface area contributed by atoms with Gasteiger partial charge in [-0.15, -0.1) is 0 Å². The number of nitrogens with two attached hydrogens (primary N) is 1. The molecule has 0 atom stereocenters. The van der Waals surface area contributed by atoms with Gasteiger partial charge in [-0.1, -0.05) is 0 Å². The first-order chi connectivity index (χ1) is 9.27. The third-order valence-electron chi connectivity index (χ3n) is 2.43. The molecular formula is C12H8Br2F3N3. The van der Waals surface area contributed by atoms with Gasteiger partial charge in [0.2, 0.25) is 0 Å². The van der Waals surface area contributed by atoms with E-state index < -0.39 is 11.7 Å². The predicted octanol–water partition coefficient (Wildman–Crippen LogP) is 4.95. The summed E-state index contributed by atoms with van der Waals surface area (Å²) in [4.78, 5) is 4.02. The summed E-state index contributed by atoms with van der Waals surface area (Å²) in [5, 5.41) is 2.78. The zero-order valence-electron chi connectivity index (χ0n) is 9.80. The van der Waals surface area contributed by atoms with Gasteiger partial charge in [0, 0.05) is 15.1 Å². The number of rotatable bonds is 2. The predicted molar refractivity (Wildman–Crippen MR) is 78.8 cm³/mol. The van der Waals surface area contributed by atoms with Crippen molar-refractivity contribution in [3.63, 3.8) is 0 Å². The zero-order valence-corrected chi connectivity index (χ0v) is 13.0. The molecule has 0 unspecified atom stereocenters. The van der Waals surface area contributed by atoms with E-state index >= 15 is 0 Å². The topological polar surface area (TPSA) is 50.9 Å². The minimum absolute atomic E-state index is 0.237. The van der Waals surface area contributed by atoms with Gasteiger partial charge in [-0.2, -0.15) is 13.2 Å². The second kappa shape index (κ2) is 5.61. The molecule has 8 heteroatoms. The number of benzene rings is 1. The van der Waals surface area contributed by atoms with Gasteiger partial charge in [0.1, 0.15) is 0 Å². The molecule has 3 N–H and O–H groups in total. The number of hydrogen-bond donors (Lipinski definition) is 2. The Morgan fingerprint density at radius 1 is 1.15 bits per heavy atom. The lowest BCUT2D eigenvalue weighted by molar-refractivity contribution is -0.137. The van der Waals surface area contributed by atoms with Crippen molar-refractivity contribution in [3.8, 4) is 0 Å². The Morgan fingerprint density at radius 2 is 1.85 bits per heavy atom. The molecule has 20 heavy (non-hydrogen) atoms. The minimum Gasteiger partial charge on any atom is -0.396 e. The van der Waals surface area contributed by atoms with Crippen LogP contribution in [0.3, 0.4) is 0 Å². The lowest BCUT2D eigenvalue weighted by atomic mass is 10.2. The maximum Gasteiger partial charge on any atom is 0.416 e. The number of nitrogens with zero attached hydrogens (tertiary/aromatic N) is 1. The van der Waals surface area contributed by atoms with Crippen LogP contribution in [0.4, 0.5) is 30.4 Å². The van der Waals surface area contributed by atoms with Crippen molar-refractivity contribution in [2.45, 2.75) is 6.18 Å². The summed E-state index contributed by atoms with van der Waals surface area (Å²) in [5.41, 5.74) is 5.56. The molecular weight excluding hydrogens is 403 g/mol. The van der Waals surface area contributed by atoms with Crippen molar-refractivity contribution in [1.82, 2.24) is 4.98 Å². The Hall–Kier alpha value is -1.28. The van der Waals surface area contributed by atoms with Crippen LogP contribution < -0.4 is 11.1 Å². The Morgan fingerprint density at radius 3 is 2.45 bits per heavy atom. The first-order valence-electron chi connectivity index (χ1n) is 5.32. The number of aromatic nitrogens is 1. The van der Waals surface area contributed by atoms with Crippen molar-refractivity contribution in [1.29, 1.82) is 0 Å². The van der Waals surface area contributed by atoms with Crippen LogP contribution in [0, 0.1) is 0 Å². The SMILES string of the molecule is Nc1cc(Br)cnc1Nc1cc(C(F)(F)F)ccc1Br. The molecule has 2 rings (SSSR count). The maximum absolute atomic E-state index is 12.7. The number of hydrogen-bond acceptors (Lipinski definition) is 3. The molecule has 2 aromatic rings. The zero-order chi connectivity index (χ0) is 14.9. The van der Waals surface area contributed by atoms with Crippen molar-refractivity contribution in [2.24, 2.45) is 0 Å². The number of nitrogen functional groups attached to an aromatic ring is 1. The van der Waals surface area contributed by atoms with Crippen LogP contribution in [0.2, 0.25) is 0 Å². The van der Waals surface area contributed by atoms with E-state index in [1.807, 2.05) is 0 Å². The van der Waals surface area contributed by atoms with E-state index in [4.69, 9.17) is 5.73 Å². The van der Waals surface area contributed by atoms with E-state index in [1.54, 1.807) is 6.07 Å². The van der Waals surface area contributed by atoms with Gasteiger partial charge in [-0.05, 0) is 56.1 Å². The van der Waals surface area contributed by atoms with Crippen molar-refractivity contribution in [2.75, 3.05) is 11.1 Å². The summed E-state index contributed by atoms with van der Waals surface area (Å²) in [6.45, 7) is 0. The fourth-order valence-electron chi connectivity index (χ4n) is 1.48. The molecule has 1 heterocycles. The smallest absolute Gasteiger partial charge is 0.396 e. The van der Waals surface area contributed by atoms with E-state index in [2.05, 4.69) is 42.2 Å². The van der Waals surface area contributed by atoms with Gasteiger partial charge in [0.15, 0.2) is 5.82 Å². The lowest BCUT2D eigenvalue weighted by Gasteiger charge is -2.13. The second-order valence-electron chi connectivity index (χ2n) is 3.91. The highest BCUT2D eigenvalue weighted by Gasteiger charge is 2.31. The highest BCUT2D eigenvalue weighted by Crippen LogP contribution is 2.35. The Balaban J connectivity index is 2.38. The lowest BCUT2D eigenvalue weighted by Crippen LogP contribution is -2.06. The first kappa shape index (κ1) is 15.1. The number of pyridine rings is 1. The van der Waals surface area contributed by atoms with Crippen LogP contribution in [0.1, 0.15) is 5.56 Å².